The predicted octanol–water partition coefficient (Wildman–Crippen LogP) is 1.45. The van der Waals surface area contributed by atoms with Gasteiger partial charge in [-0.15, -0.1) is 0 Å². The van der Waals surface area contributed by atoms with E-state index in [0.29, 0.717) is 11.6 Å². The van der Waals surface area contributed by atoms with Crippen molar-refractivity contribution in [3.63, 3.8) is 0 Å². The van der Waals surface area contributed by atoms with Gasteiger partial charge in [-0.2, -0.15) is 0 Å². The van der Waals surface area contributed by atoms with Gasteiger partial charge in [0.05, 0.1) is 6.08 Å². The minimum absolute atomic E-state index is 0.0561. The molecule has 0 spiro atoms. The van der Waals surface area contributed by atoms with Crippen molar-refractivity contribution in [1.82, 2.24) is 4.90 Å². The van der Waals surface area contributed by atoms with E-state index >= 15 is 0 Å². The number of carbonyl (C=O) groups excluding carboxylic acids is 1. The van der Waals surface area contributed by atoms with Crippen LogP contribution in [0.1, 0.15) is 5.56 Å². The number of hydrogen-bond acceptors (Lipinski definition) is 3. The maximum absolute atomic E-state index is 12.9. The Morgan fingerprint density at radius 2 is 1.89 bits per heavy atom. The number of aliphatic hydroxyl groups excluding tert-OH is 1. The number of carboxylic acids is 1. The van der Waals surface area contributed by atoms with E-state index in [9.17, 15) is 18.4 Å². The van der Waals surface area contributed by atoms with E-state index in [4.69, 9.17) is 10.2 Å². The number of rotatable bonds is 4. The molecular formula is C12H11F2NO4. The Hall–Kier alpha value is -2.44. The maximum atomic E-state index is 12.9. The highest BCUT2D eigenvalue weighted by Crippen LogP contribution is 2.10. The van der Waals surface area contributed by atoms with Gasteiger partial charge in [0.1, 0.15) is 0 Å². The fourth-order valence-electron chi connectivity index (χ4n) is 1.28. The molecular weight excluding hydrogens is 260 g/mol. The molecule has 0 radical (unpaired) electrons. The first-order valence-corrected chi connectivity index (χ1v) is 5.14. The van der Waals surface area contributed by atoms with Gasteiger partial charge in [-0.1, -0.05) is 6.07 Å². The quantitative estimate of drug-likeness (QED) is 0.641. The molecule has 1 amide bonds. The van der Waals surface area contributed by atoms with Gasteiger partial charge in [0.2, 0.25) is 5.76 Å². The molecule has 0 aliphatic carbocycles. The number of hydrogen-bond donors (Lipinski definition) is 2. The van der Waals surface area contributed by atoms with E-state index in [1.807, 2.05) is 0 Å². The summed E-state index contributed by atoms with van der Waals surface area (Å²) in [6, 6.07) is 3.15. The highest BCUT2D eigenvalue weighted by molar-refractivity contribution is 5.95. The van der Waals surface area contributed by atoms with E-state index in [2.05, 4.69) is 0 Å². The van der Waals surface area contributed by atoms with Crippen molar-refractivity contribution in [3.05, 3.63) is 47.2 Å². The summed E-state index contributed by atoms with van der Waals surface area (Å²) in [6.07, 6.45) is 0.530. The number of likely N-dealkylation sites (N-methyl/N-ethyl adjacent to an activating group) is 1. The summed E-state index contributed by atoms with van der Waals surface area (Å²) in [6.45, 7) is -0.0561. The van der Waals surface area contributed by atoms with Crippen LogP contribution in [0, 0.1) is 11.6 Å². The zero-order valence-electron chi connectivity index (χ0n) is 9.93. The molecule has 7 heteroatoms. The van der Waals surface area contributed by atoms with Crippen molar-refractivity contribution in [1.29, 1.82) is 0 Å². The largest absolute Gasteiger partial charge is 0.502 e. The molecule has 1 aromatic carbocycles. The number of halogens is 2. The lowest BCUT2D eigenvalue weighted by Crippen LogP contribution is -2.25. The van der Waals surface area contributed by atoms with Crippen LogP contribution < -0.4 is 0 Å². The Morgan fingerprint density at radius 1 is 1.26 bits per heavy atom. The topological polar surface area (TPSA) is 77.8 Å². The fourth-order valence-corrected chi connectivity index (χ4v) is 1.28. The molecule has 0 aromatic heterocycles. The molecule has 1 aromatic rings. The van der Waals surface area contributed by atoms with Crippen molar-refractivity contribution in [3.8, 4) is 0 Å². The summed E-state index contributed by atoms with van der Waals surface area (Å²) in [5.41, 5.74) is 0.331. The lowest BCUT2D eigenvalue weighted by Gasteiger charge is -2.15. The maximum Gasteiger partial charge on any atom is 0.371 e. The monoisotopic (exact) mass is 271 g/mol. The molecule has 0 heterocycles. The van der Waals surface area contributed by atoms with Gasteiger partial charge in [-0.3, -0.25) is 4.79 Å². The Labute approximate surface area is 107 Å². The van der Waals surface area contributed by atoms with E-state index in [0.717, 1.165) is 17.0 Å². The number of carboxylic acid groups (broad SMARTS) is 1. The first-order chi connectivity index (χ1) is 8.81. The second kappa shape index (κ2) is 5.94. The number of aliphatic hydroxyl groups is 1. The van der Waals surface area contributed by atoms with Crippen LogP contribution in [0.4, 0.5) is 8.78 Å². The molecule has 0 aliphatic rings. The fraction of sp³-hybridized carbons (Fsp3) is 0.167. The molecule has 19 heavy (non-hydrogen) atoms. The van der Waals surface area contributed by atoms with E-state index in [1.165, 1.54) is 13.1 Å². The van der Waals surface area contributed by atoms with Crippen molar-refractivity contribution >= 4 is 11.9 Å². The molecule has 0 bridgehead atoms. The first-order valence-electron chi connectivity index (χ1n) is 5.14. The minimum atomic E-state index is -1.63. The summed E-state index contributed by atoms with van der Waals surface area (Å²) in [5.74, 6) is -5.54. The van der Waals surface area contributed by atoms with Gasteiger partial charge in [0.15, 0.2) is 11.6 Å². The van der Waals surface area contributed by atoms with Crippen molar-refractivity contribution in [2.24, 2.45) is 0 Å². The van der Waals surface area contributed by atoms with Crippen LogP contribution >= 0.6 is 0 Å². The second-order valence-corrected chi connectivity index (χ2v) is 3.78. The number of amides is 1. The van der Waals surface area contributed by atoms with Crippen LogP contribution in [-0.4, -0.2) is 34.0 Å². The normalized spacial score (nSPS) is 11.2. The summed E-state index contributed by atoms with van der Waals surface area (Å²) in [4.78, 5) is 22.8. The number of nitrogens with zero attached hydrogens (tertiary/aromatic N) is 1. The SMILES string of the molecule is CN(Cc1ccc(F)c(F)c1)C(=O)/C=C(\O)C(=O)O. The van der Waals surface area contributed by atoms with E-state index < -0.39 is 29.3 Å². The van der Waals surface area contributed by atoms with Crippen LogP contribution in [0.25, 0.3) is 0 Å². The zero-order valence-corrected chi connectivity index (χ0v) is 9.93. The highest BCUT2D eigenvalue weighted by Gasteiger charge is 2.12. The van der Waals surface area contributed by atoms with Crippen molar-refractivity contribution < 1.29 is 28.6 Å². The lowest BCUT2D eigenvalue weighted by atomic mass is 10.2. The lowest BCUT2D eigenvalue weighted by molar-refractivity contribution is -0.136. The smallest absolute Gasteiger partial charge is 0.371 e. The Bertz CT molecular complexity index is 543. The van der Waals surface area contributed by atoms with Gasteiger partial charge < -0.3 is 15.1 Å². The number of aliphatic carboxylic acids is 1. The van der Waals surface area contributed by atoms with Gasteiger partial charge in [-0.05, 0) is 17.7 Å². The van der Waals surface area contributed by atoms with E-state index in [-0.39, 0.29) is 6.54 Å². The summed E-state index contributed by atoms with van der Waals surface area (Å²) >= 11 is 0. The van der Waals surface area contributed by atoms with Crippen LogP contribution in [-0.2, 0) is 16.1 Å². The molecule has 102 valence electrons. The average Bonchev–Trinajstić information content (AvgIpc) is 2.33. The molecule has 0 saturated heterocycles. The Morgan fingerprint density at radius 3 is 2.42 bits per heavy atom. The van der Waals surface area contributed by atoms with Gasteiger partial charge >= 0.3 is 5.97 Å². The molecule has 0 unspecified atom stereocenters. The average molecular weight is 271 g/mol. The zero-order chi connectivity index (χ0) is 14.6. The van der Waals surface area contributed by atoms with Crippen LogP contribution in [0.15, 0.2) is 30.0 Å². The molecule has 1 rings (SSSR count). The Balaban J connectivity index is 2.76. The van der Waals surface area contributed by atoms with Crippen molar-refractivity contribution in [2.75, 3.05) is 7.05 Å². The molecule has 0 atom stereocenters. The van der Waals surface area contributed by atoms with Crippen LogP contribution in [0.2, 0.25) is 0 Å². The third-order valence-electron chi connectivity index (χ3n) is 2.26. The second-order valence-electron chi connectivity index (χ2n) is 3.78. The van der Waals surface area contributed by atoms with E-state index in [1.54, 1.807) is 0 Å². The third kappa shape index (κ3) is 4.06. The van der Waals surface area contributed by atoms with Crippen LogP contribution in [0.3, 0.4) is 0 Å². The molecule has 2 N–H and O–H groups in total. The van der Waals surface area contributed by atoms with Gasteiger partial charge in [0, 0.05) is 13.6 Å². The summed E-state index contributed by atoms with van der Waals surface area (Å²) < 4.78 is 25.6. The van der Waals surface area contributed by atoms with Gasteiger partial charge in [-0.25, -0.2) is 13.6 Å². The number of benzene rings is 1. The third-order valence-corrected chi connectivity index (χ3v) is 2.26. The minimum Gasteiger partial charge on any atom is -0.502 e. The first kappa shape index (κ1) is 14.6. The summed E-state index contributed by atoms with van der Waals surface area (Å²) in [7, 11) is 1.33. The Kier molecular flexibility index (Phi) is 4.57. The molecule has 0 aliphatic heterocycles. The number of carbonyl (C=O) groups is 2. The van der Waals surface area contributed by atoms with Crippen molar-refractivity contribution in [2.45, 2.75) is 6.54 Å². The predicted molar refractivity (Wildman–Crippen MR) is 61.2 cm³/mol. The standard InChI is InChI=1S/C12H11F2NO4/c1-15(11(17)5-10(16)12(18)19)6-7-2-3-8(13)9(14)4-7/h2-5,16H,6H2,1H3,(H,18,19)/b10-5-. The van der Waals surface area contributed by atoms with Gasteiger partial charge in [0.25, 0.3) is 5.91 Å². The van der Waals surface area contributed by atoms with Crippen LogP contribution in [0.5, 0.6) is 0 Å². The molecule has 0 fully saturated rings. The molecule has 0 saturated carbocycles. The highest BCUT2D eigenvalue weighted by atomic mass is 19.2. The molecule has 5 nitrogen and oxygen atoms in total. The summed E-state index contributed by atoms with van der Waals surface area (Å²) in [5, 5.41) is 17.3.